The third-order valence-corrected chi connectivity index (χ3v) is 3.84. The topological polar surface area (TPSA) is 71.2 Å². The molecule has 114 valence electrons. The zero-order valence-corrected chi connectivity index (χ0v) is 12.5. The van der Waals surface area contributed by atoms with Crippen LogP contribution in [-0.4, -0.2) is 24.0 Å². The molecule has 0 bridgehead atoms. The minimum atomic E-state index is -0.129. The first-order valence-electron chi connectivity index (χ1n) is 7.56. The molecule has 1 amide bonds. The van der Waals surface area contributed by atoms with Crippen LogP contribution in [0, 0.1) is 0 Å². The van der Waals surface area contributed by atoms with Crippen LogP contribution in [0.4, 0.5) is 11.5 Å². The predicted octanol–water partition coefficient (Wildman–Crippen LogP) is 2.19. The lowest BCUT2D eigenvalue weighted by atomic mass is 10.2. The number of rotatable bonds is 4. The molecular formula is C17H20N4O. The SMILES string of the molecule is Nc1cccc(C(=O)NCc2ccc(N3CCCC3)nc2)c1. The fourth-order valence-electron chi connectivity index (χ4n) is 2.62. The van der Waals surface area contributed by atoms with Gasteiger partial charge in [-0.05, 0) is 42.7 Å². The van der Waals surface area contributed by atoms with Gasteiger partial charge in [-0.15, -0.1) is 0 Å². The van der Waals surface area contributed by atoms with Crippen molar-refractivity contribution in [3.05, 3.63) is 53.7 Å². The van der Waals surface area contributed by atoms with Crippen LogP contribution >= 0.6 is 0 Å². The Labute approximate surface area is 130 Å². The number of benzene rings is 1. The Hall–Kier alpha value is -2.56. The molecule has 0 spiro atoms. The molecule has 2 aromatic rings. The number of hydrogen-bond acceptors (Lipinski definition) is 4. The average molecular weight is 296 g/mol. The van der Waals surface area contributed by atoms with E-state index in [1.54, 1.807) is 24.3 Å². The van der Waals surface area contributed by atoms with E-state index >= 15 is 0 Å². The van der Waals surface area contributed by atoms with E-state index in [0.29, 0.717) is 17.8 Å². The fraction of sp³-hybridized carbons (Fsp3) is 0.294. The number of carbonyl (C=O) groups is 1. The second kappa shape index (κ2) is 6.47. The average Bonchev–Trinajstić information content (AvgIpc) is 3.07. The molecular weight excluding hydrogens is 276 g/mol. The number of hydrogen-bond donors (Lipinski definition) is 2. The number of anilines is 2. The minimum absolute atomic E-state index is 0.129. The summed E-state index contributed by atoms with van der Waals surface area (Å²) >= 11 is 0. The second-order valence-electron chi connectivity index (χ2n) is 5.53. The normalized spacial score (nSPS) is 14.1. The summed E-state index contributed by atoms with van der Waals surface area (Å²) in [4.78, 5) is 18.8. The van der Waals surface area contributed by atoms with E-state index < -0.39 is 0 Å². The number of carbonyl (C=O) groups excluding carboxylic acids is 1. The molecule has 0 aliphatic carbocycles. The zero-order valence-electron chi connectivity index (χ0n) is 12.5. The number of nitrogens with two attached hydrogens (primary N) is 1. The highest BCUT2D eigenvalue weighted by Crippen LogP contribution is 2.17. The Morgan fingerprint density at radius 2 is 2.05 bits per heavy atom. The van der Waals surface area contributed by atoms with Crippen LogP contribution in [-0.2, 0) is 6.54 Å². The summed E-state index contributed by atoms with van der Waals surface area (Å²) in [7, 11) is 0. The second-order valence-corrected chi connectivity index (χ2v) is 5.53. The maximum Gasteiger partial charge on any atom is 0.251 e. The van der Waals surface area contributed by atoms with Gasteiger partial charge in [0.25, 0.3) is 5.91 Å². The Bertz CT molecular complexity index is 648. The van der Waals surface area contributed by atoms with Gasteiger partial charge >= 0.3 is 0 Å². The molecule has 1 saturated heterocycles. The summed E-state index contributed by atoms with van der Waals surface area (Å²) < 4.78 is 0. The molecule has 5 heteroatoms. The van der Waals surface area contributed by atoms with Gasteiger partial charge in [0.2, 0.25) is 0 Å². The van der Waals surface area contributed by atoms with Gasteiger partial charge < -0.3 is 16.0 Å². The molecule has 0 radical (unpaired) electrons. The van der Waals surface area contributed by atoms with Crippen molar-refractivity contribution in [2.24, 2.45) is 0 Å². The summed E-state index contributed by atoms with van der Waals surface area (Å²) in [6.45, 7) is 2.62. The molecule has 2 heterocycles. The van der Waals surface area contributed by atoms with Crippen LogP contribution in [0.5, 0.6) is 0 Å². The monoisotopic (exact) mass is 296 g/mol. The standard InChI is InChI=1S/C17H20N4O/c18-15-5-3-4-14(10-15)17(22)20-12-13-6-7-16(19-11-13)21-8-1-2-9-21/h3-7,10-11H,1-2,8-9,12,18H2,(H,20,22). The maximum atomic E-state index is 12.1. The number of nitrogens with one attached hydrogen (secondary N) is 1. The molecule has 5 nitrogen and oxygen atoms in total. The molecule has 1 aromatic heterocycles. The van der Waals surface area contributed by atoms with Gasteiger partial charge in [0.15, 0.2) is 0 Å². The van der Waals surface area contributed by atoms with Crippen molar-refractivity contribution in [1.82, 2.24) is 10.3 Å². The van der Waals surface area contributed by atoms with Gasteiger partial charge in [-0.3, -0.25) is 4.79 Å². The molecule has 22 heavy (non-hydrogen) atoms. The molecule has 3 N–H and O–H groups in total. The Morgan fingerprint density at radius 3 is 2.73 bits per heavy atom. The number of pyridine rings is 1. The summed E-state index contributed by atoms with van der Waals surface area (Å²) in [6.07, 6.45) is 4.30. The number of nitrogens with zero attached hydrogens (tertiary/aromatic N) is 2. The Balaban J connectivity index is 1.58. The number of amides is 1. The highest BCUT2D eigenvalue weighted by Gasteiger charge is 2.13. The van der Waals surface area contributed by atoms with Crippen LogP contribution in [0.3, 0.4) is 0 Å². The molecule has 0 saturated carbocycles. The molecule has 0 atom stereocenters. The summed E-state index contributed by atoms with van der Waals surface area (Å²) in [5.41, 5.74) is 7.83. The highest BCUT2D eigenvalue weighted by atomic mass is 16.1. The van der Waals surface area contributed by atoms with Crippen molar-refractivity contribution in [2.75, 3.05) is 23.7 Å². The molecule has 1 aliphatic heterocycles. The maximum absolute atomic E-state index is 12.1. The quantitative estimate of drug-likeness (QED) is 0.848. The number of aromatic nitrogens is 1. The van der Waals surface area contributed by atoms with Crippen LogP contribution < -0.4 is 16.0 Å². The highest BCUT2D eigenvalue weighted by molar-refractivity contribution is 5.94. The van der Waals surface area contributed by atoms with E-state index in [0.717, 1.165) is 24.5 Å². The van der Waals surface area contributed by atoms with Crippen molar-refractivity contribution >= 4 is 17.4 Å². The van der Waals surface area contributed by atoms with E-state index in [2.05, 4.69) is 15.2 Å². The summed E-state index contributed by atoms with van der Waals surface area (Å²) in [6, 6.07) is 11.0. The summed E-state index contributed by atoms with van der Waals surface area (Å²) in [5.74, 6) is 0.888. The van der Waals surface area contributed by atoms with Crippen LogP contribution in [0.25, 0.3) is 0 Å². The molecule has 1 fully saturated rings. The van der Waals surface area contributed by atoms with Crippen molar-refractivity contribution in [1.29, 1.82) is 0 Å². The van der Waals surface area contributed by atoms with Gasteiger partial charge in [-0.1, -0.05) is 12.1 Å². The lowest BCUT2D eigenvalue weighted by molar-refractivity contribution is 0.0951. The zero-order chi connectivity index (χ0) is 15.4. The lowest BCUT2D eigenvalue weighted by Gasteiger charge is -2.16. The van der Waals surface area contributed by atoms with Crippen LogP contribution in [0.2, 0.25) is 0 Å². The minimum Gasteiger partial charge on any atom is -0.399 e. The first-order chi connectivity index (χ1) is 10.7. The molecule has 0 unspecified atom stereocenters. The van der Waals surface area contributed by atoms with Crippen LogP contribution in [0.15, 0.2) is 42.6 Å². The van der Waals surface area contributed by atoms with E-state index in [1.807, 2.05) is 18.3 Å². The van der Waals surface area contributed by atoms with E-state index in [-0.39, 0.29) is 5.91 Å². The lowest BCUT2D eigenvalue weighted by Crippen LogP contribution is -2.23. The molecule has 3 rings (SSSR count). The molecule has 1 aliphatic rings. The summed E-state index contributed by atoms with van der Waals surface area (Å²) in [5, 5.41) is 2.88. The van der Waals surface area contributed by atoms with Gasteiger partial charge in [-0.2, -0.15) is 0 Å². The Morgan fingerprint density at radius 1 is 1.23 bits per heavy atom. The van der Waals surface area contributed by atoms with Gasteiger partial charge in [-0.25, -0.2) is 4.98 Å². The fourth-order valence-corrected chi connectivity index (χ4v) is 2.62. The van der Waals surface area contributed by atoms with Crippen molar-refractivity contribution < 1.29 is 4.79 Å². The molecule has 1 aromatic carbocycles. The van der Waals surface area contributed by atoms with Gasteiger partial charge in [0.05, 0.1) is 0 Å². The first kappa shape index (κ1) is 14.4. The predicted molar refractivity (Wildman–Crippen MR) is 87.7 cm³/mol. The smallest absolute Gasteiger partial charge is 0.251 e. The van der Waals surface area contributed by atoms with Crippen LogP contribution in [0.1, 0.15) is 28.8 Å². The first-order valence-corrected chi connectivity index (χ1v) is 7.56. The van der Waals surface area contributed by atoms with Gasteiger partial charge in [0, 0.05) is 37.1 Å². The van der Waals surface area contributed by atoms with Crippen molar-refractivity contribution in [3.63, 3.8) is 0 Å². The van der Waals surface area contributed by atoms with Gasteiger partial charge in [0.1, 0.15) is 5.82 Å². The van der Waals surface area contributed by atoms with E-state index in [4.69, 9.17) is 5.73 Å². The largest absolute Gasteiger partial charge is 0.399 e. The third kappa shape index (κ3) is 3.36. The van der Waals surface area contributed by atoms with E-state index in [1.165, 1.54) is 12.8 Å². The third-order valence-electron chi connectivity index (χ3n) is 3.84. The van der Waals surface area contributed by atoms with E-state index in [9.17, 15) is 4.79 Å². The van der Waals surface area contributed by atoms with Crippen molar-refractivity contribution in [2.45, 2.75) is 19.4 Å². The number of nitrogen functional groups attached to an aromatic ring is 1. The Kier molecular flexibility index (Phi) is 4.23. The van der Waals surface area contributed by atoms with Crippen molar-refractivity contribution in [3.8, 4) is 0 Å².